The normalized spacial score (nSPS) is 22.4. The molecule has 0 unspecified atom stereocenters. The molecule has 4 nitrogen and oxygen atoms in total. The van der Waals surface area contributed by atoms with Gasteiger partial charge in [-0.3, -0.25) is 19.5 Å². The van der Waals surface area contributed by atoms with Crippen LogP contribution in [0.2, 0.25) is 0 Å². The van der Waals surface area contributed by atoms with Crippen molar-refractivity contribution in [3.63, 3.8) is 0 Å². The molecule has 0 atom stereocenters. The number of rotatable bonds is 1. The maximum atomic E-state index is 11.6. The maximum absolute atomic E-state index is 11.6. The fourth-order valence-corrected chi connectivity index (χ4v) is 2.39. The van der Waals surface area contributed by atoms with E-state index < -0.39 is 0 Å². The Morgan fingerprint density at radius 2 is 2.14 bits per heavy atom. The molecule has 1 saturated carbocycles. The molecule has 2 aliphatic rings. The molecule has 2 heterocycles. The summed E-state index contributed by atoms with van der Waals surface area (Å²) in [6.07, 6.45) is 3.75. The van der Waals surface area contributed by atoms with Crippen LogP contribution in [0.3, 0.4) is 0 Å². The summed E-state index contributed by atoms with van der Waals surface area (Å²) in [5.74, 6) is 0. The van der Waals surface area contributed by atoms with Gasteiger partial charge in [0, 0.05) is 13.1 Å². The predicted molar refractivity (Wildman–Crippen MR) is 53.1 cm³/mol. The third kappa shape index (κ3) is 1.00. The van der Waals surface area contributed by atoms with E-state index in [0.717, 1.165) is 18.7 Å². The molecule has 0 amide bonds. The van der Waals surface area contributed by atoms with Crippen molar-refractivity contribution in [2.24, 2.45) is 0 Å². The highest BCUT2D eigenvalue weighted by molar-refractivity contribution is 5.22. The largest absolute Gasteiger partial charge is 0.296 e. The summed E-state index contributed by atoms with van der Waals surface area (Å²) in [6, 6.07) is 0.568. The smallest absolute Gasteiger partial charge is 0.268 e. The summed E-state index contributed by atoms with van der Waals surface area (Å²) in [5, 5.41) is 2.97. The van der Waals surface area contributed by atoms with E-state index in [2.05, 4.69) is 21.7 Å². The number of H-pyrrole nitrogens is 1. The molecule has 3 rings (SSSR count). The van der Waals surface area contributed by atoms with Crippen LogP contribution in [0.1, 0.15) is 36.6 Å². The molecule has 4 heteroatoms. The lowest BCUT2D eigenvalue weighted by Gasteiger charge is -2.28. The molecule has 0 spiro atoms. The Morgan fingerprint density at radius 1 is 1.36 bits per heavy atom. The number of fused-ring (bicyclic) bond motifs is 1. The van der Waals surface area contributed by atoms with Crippen LogP contribution in [0.5, 0.6) is 0 Å². The van der Waals surface area contributed by atoms with Gasteiger partial charge >= 0.3 is 0 Å². The first-order valence-electron chi connectivity index (χ1n) is 5.26. The Labute approximate surface area is 82.5 Å². The average molecular weight is 193 g/mol. The summed E-state index contributed by atoms with van der Waals surface area (Å²) in [5.41, 5.74) is 2.33. The molecule has 0 bridgehead atoms. The third-order valence-electron chi connectivity index (χ3n) is 3.42. The highest BCUT2D eigenvalue weighted by Crippen LogP contribution is 2.33. The van der Waals surface area contributed by atoms with Gasteiger partial charge in [-0.05, 0) is 26.3 Å². The van der Waals surface area contributed by atoms with E-state index in [-0.39, 0.29) is 5.56 Å². The van der Waals surface area contributed by atoms with Gasteiger partial charge in [-0.15, -0.1) is 0 Å². The van der Waals surface area contributed by atoms with Crippen molar-refractivity contribution in [3.8, 4) is 0 Å². The number of aromatic amines is 1. The SMILES string of the molecule is CN1Cc2c(n(C3CCC3)[nH]c2=O)C1. The molecule has 1 fully saturated rings. The van der Waals surface area contributed by atoms with Gasteiger partial charge in [0.2, 0.25) is 0 Å². The van der Waals surface area contributed by atoms with Crippen molar-refractivity contribution in [1.29, 1.82) is 0 Å². The molecule has 1 aromatic heterocycles. The van der Waals surface area contributed by atoms with Gasteiger partial charge in [0.05, 0.1) is 17.3 Å². The van der Waals surface area contributed by atoms with Crippen LogP contribution in [0.15, 0.2) is 4.79 Å². The summed E-state index contributed by atoms with van der Waals surface area (Å²) in [6.45, 7) is 1.73. The standard InChI is InChI=1S/C10H15N3O/c1-12-5-8-9(6-12)13(11-10(8)14)7-3-2-4-7/h7H,2-6H2,1H3,(H,11,14). The zero-order valence-corrected chi connectivity index (χ0v) is 8.42. The number of hydrogen-bond donors (Lipinski definition) is 1. The van der Waals surface area contributed by atoms with Gasteiger partial charge in [0.1, 0.15) is 0 Å². The fourth-order valence-electron chi connectivity index (χ4n) is 2.39. The van der Waals surface area contributed by atoms with Crippen LogP contribution in [0, 0.1) is 0 Å². The van der Waals surface area contributed by atoms with Crippen molar-refractivity contribution in [3.05, 3.63) is 21.6 Å². The average Bonchev–Trinajstić information content (AvgIpc) is 2.51. The van der Waals surface area contributed by atoms with Crippen molar-refractivity contribution < 1.29 is 0 Å². The number of aromatic nitrogens is 2. The predicted octanol–water partition coefficient (Wildman–Crippen LogP) is 0.847. The van der Waals surface area contributed by atoms with Gasteiger partial charge in [0.15, 0.2) is 0 Å². The van der Waals surface area contributed by atoms with Crippen molar-refractivity contribution in [2.75, 3.05) is 7.05 Å². The number of nitrogens with one attached hydrogen (secondary N) is 1. The lowest BCUT2D eigenvalue weighted by atomic mass is 9.93. The quantitative estimate of drug-likeness (QED) is 0.718. The topological polar surface area (TPSA) is 41.0 Å². The first-order valence-corrected chi connectivity index (χ1v) is 5.26. The Morgan fingerprint density at radius 3 is 2.79 bits per heavy atom. The summed E-state index contributed by atoms with van der Waals surface area (Å²) in [4.78, 5) is 13.8. The van der Waals surface area contributed by atoms with Gasteiger partial charge in [0.25, 0.3) is 5.56 Å². The van der Waals surface area contributed by atoms with Gasteiger partial charge < -0.3 is 0 Å². The van der Waals surface area contributed by atoms with Crippen LogP contribution >= 0.6 is 0 Å². The lowest BCUT2D eigenvalue weighted by molar-refractivity contribution is 0.267. The molecule has 1 aliphatic heterocycles. The van der Waals surface area contributed by atoms with Crippen molar-refractivity contribution in [1.82, 2.24) is 14.7 Å². The zero-order valence-electron chi connectivity index (χ0n) is 8.42. The summed E-state index contributed by atoms with van der Waals surface area (Å²) in [7, 11) is 2.06. The molecular weight excluding hydrogens is 178 g/mol. The number of hydrogen-bond acceptors (Lipinski definition) is 2. The monoisotopic (exact) mass is 193 g/mol. The Hall–Kier alpha value is -1.03. The zero-order chi connectivity index (χ0) is 9.71. The van der Waals surface area contributed by atoms with E-state index in [9.17, 15) is 4.79 Å². The Balaban J connectivity index is 2.05. The van der Waals surface area contributed by atoms with E-state index in [4.69, 9.17) is 0 Å². The molecule has 1 aliphatic carbocycles. The second-order valence-corrected chi connectivity index (χ2v) is 4.49. The van der Waals surface area contributed by atoms with E-state index in [1.807, 2.05) is 0 Å². The van der Waals surface area contributed by atoms with Gasteiger partial charge in [-0.1, -0.05) is 0 Å². The molecule has 1 aromatic rings. The fraction of sp³-hybridized carbons (Fsp3) is 0.700. The van der Waals surface area contributed by atoms with E-state index in [1.165, 1.54) is 25.0 Å². The van der Waals surface area contributed by atoms with Crippen LogP contribution in [-0.4, -0.2) is 21.7 Å². The van der Waals surface area contributed by atoms with Crippen molar-refractivity contribution >= 4 is 0 Å². The highest BCUT2D eigenvalue weighted by atomic mass is 16.1. The van der Waals surface area contributed by atoms with Crippen LogP contribution in [-0.2, 0) is 13.1 Å². The van der Waals surface area contributed by atoms with E-state index in [0.29, 0.717) is 6.04 Å². The third-order valence-corrected chi connectivity index (χ3v) is 3.42. The molecule has 0 radical (unpaired) electrons. The summed E-state index contributed by atoms with van der Waals surface area (Å²) < 4.78 is 2.12. The summed E-state index contributed by atoms with van der Waals surface area (Å²) >= 11 is 0. The molecule has 1 N–H and O–H groups in total. The van der Waals surface area contributed by atoms with Crippen molar-refractivity contribution in [2.45, 2.75) is 38.4 Å². The molecule has 76 valence electrons. The van der Waals surface area contributed by atoms with Gasteiger partial charge in [-0.25, -0.2) is 0 Å². The molecular formula is C10H15N3O. The Kier molecular flexibility index (Phi) is 1.62. The number of nitrogens with zero attached hydrogens (tertiary/aromatic N) is 2. The van der Waals surface area contributed by atoms with Crippen LogP contribution in [0.4, 0.5) is 0 Å². The lowest BCUT2D eigenvalue weighted by Crippen LogP contribution is -2.23. The van der Waals surface area contributed by atoms with Crippen LogP contribution in [0.25, 0.3) is 0 Å². The molecule has 0 aromatic carbocycles. The van der Waals surface area contributed by atoms with E-state index >= 15 is 0 Å². The Bertz CT molecular complexity index is 413. The maximum Gasteiger partial charge on any atom is 0.268 e. The molecule has 14 heavy (non-hydrogen) atoms. The highest BCUT2D eigenvalue weighted by Gasteiger charge is 2.29. The van der Waals surface area contributed by atoms with E-state index in [1.54, 1.807) is 0 Å². The minimum atomic E-state index is 0.122. The second kappa shape index (κ2) is 2.73. The minimum Gasteiger partial charge on any atom is -0.296 e. The first kappa shape index (κ1) is 8.29. The molecule has 0 saturated heterocycles. The minimum absolute atomic E-state index is 0.122. The second-order valence-electron chi connectivity index (χ2n) is 4.49. The van der Waals surface area contributed by atoms with Gasteiger partial charge in [-0.2, -0.15) is 0 Å². The van der Waals surface area contributed by atoms with Crippen LogP contribution < -0.4 is 5.56 Å². The first-order chi connectivity index (χ1) is 6.75.